The standard InChI is InChI=1S/C15H11FN2OS/c16-11-4-2-5-12(8-11)17-15-18-14(9-20-15)10-3-1-6-13(19)7-10/h1-9,19H,(H,17,18). The van der Waals surface area contributed by atoms with Gasteiger partial charge in [-0.3, -0.25) is 0 Å². The molecule has 3 rings (SSSR count). The van der Waals surface area contributed by atoms with Crippen molar-refractivity contribution in [2.24, 2.45) is 0 Å². The molecule has 0 fully saturated rings. The van der Waals surface area contributed by atoms with E-state index in [1.807, 2.05) is 11.4 Å². The Morgan fingerprint density at radius 3 is 2.75 bits per heavy atom. The van der Waals surface area contributed by atoms with Crippen LogP contribution < -0.4 is 5.32 Å². The number of anilines is 2. The third-order valence-corrected chi connectivity index (χ3v) is 3.48. The molecule has 100 valence electrons. The Morgan fingerprint density at radius 2 is 1.95 bits per heavy atom. The largest absolute Gasteiger partial charge is 0.508 e. The Morgan fingerprint density at radius 1 is 1.10 bits per heavy atom. The normalized spacial score (nSPS) is 10.4. The number of phenols is 1. The maximum Gasteiger partial charge on any atom is 0.187 e. The number of rotatable bonds is 3. The molecule has 0 spiro atoms. The van der Waals surface area contributed by atoms with E-state index in [2.05, 4.69) is 10.3 Å². The molecule has 0 aliphatic carbocycles. The fourth-order valence-electron chi connectivity index (χ4n) is 1.82. The van der Waals surface area contributed by atoms with E-state index in [4.69, 9.17) is 0 Å². The SMILES string of the molecule is Oc1cccc(-c2csc(Nc3cccc(F)c3)n2)c1. The third-order valence-electron chi connectivity index (χ3n) is 2.72. The first kappa shape index (κ1) is 12.6. The van der Waals surface area contributed by atoms with E-state index in [-0.39, 0.29) is 11.6 Å². The Kier molecular flexibility index (Phi) is 3.35. The highest BCUT2D eigenvalue weighted by molar-refractivity contribution is 7.14. The number of hydrogen-bond donors (Lipinski definition) is 2. The number of benzene rings is 2. The van der Waals surface area contributed by atoms with E-state index < -0.39 is 0 Å². The van der Waals surface area contributed by atoms with Gasteiger partial charge < -0.3 is 10.4 Å². The summed E-state index contributed by atoms with van der Waals surface area (Å²) in [5, 5.41) is 15.1. The fraction of sp³-hybridized carbons (Fsp3) is 0. The van der Waals surface area contributed by atoms with Crippen LogP contribution in [0.15, 0.2) is 53.9 Å². The number of hydrogen-bond acceptors (Lipinski definition) is 4. The minimum Gasteiger partial charge on any atom is -0.508 e. The van der Waals surface area contributed by atoms with Crippen LogP contribution in [0.25, 0.3) is 11.3 Å². The van der Waals surface area contributed by atoms with Crippen LogP contribution in [0.4, 0.5) is 15.2 Å². The molecule has 0 saturated heterocycles. The molecule has 0 atom stereocenters. The van der Waals surface area contributed by atoms with Gasteiger partial charge in [-0.25, -0.2) is 9.37 Å². The van der Waals surface area contributed by atoms with Crippen LogP contribution in [0, 0.1) is 5.82 Å². The van der Waals surface area contributed by atoms with Crippen LogP contribution in [-0.4, -0.2) is 10.1 Å². The molecule has 0 unspecified atom stereocenters. The van der Waals surface area contributed by atoms with Crippen molar-refractivity contribution in [3.63, 3.8) is 0 Å². The van der Waals surface area contributed by atoms with Crippen LogP contribution >= 0.6 is 11.3 Å². The van der Waals surface area contributed by atoms with E-state index in [9.17, 15) is 9.50 Å². The Labute approximate surface area is 119 Å². The molecule has 0 bridgehead atoms. The molecule has 2 aromatic carbocycles. The Bertz CT molecular complexity index is 742. The molecular formula is C15H11FN2OS. The average molecular weight is 286 g/mol. The van der Waals surface area contributed by atoms with Crippen molar-refractivity contribution in [2.75, 3.05) is 5.32 Å². The van der Waals surface area contributed by atoms with Crippen LogP contribution in [-0.2, 0) is 0 Å². The molecule has 0 radical (unpaired) electrons. The van der Waals surface area contributed by atoms with Crippen molar-refractivity contribution < 1.29 is 9.50 Å². The number of nitrogens with one attached hydrogen (secondary N) is 1. The maximum atomic E-state index is 13.1. The number of phenolic OH excluding ortho intramolecular Hbond substituents is 1. The molecule has 0 amide bonds. The zero-order valence-corrected chi connectivity index (χ0v) is 11.2. The lowest BCUT2D eigenvalue weighted by Crippen LogP contribution is -1.90. The highest BCUT2D eigenvalue weighted by Crippen LogP contribution is 2.28. The molecule has 2 N–H and O–H groups in total. The number of thiazole rings is 1. The summed E-state index contributed by atoms with van der Waals surface area (Å²) in [5.74, 6) is -0.0881. The quantitative estimate of drug-likeness (QED) is 0.750. The first-order valence-corrected chi connectivity index (χ1v) is 6.86. The fourth-order valence-corrected chi connectivity index (χ4v) is 2.56. The monoisotopic (exact) mass is 286 g/mol. The first-order chi connectivity index (χ1) is 9.70. The molecular weight excluding hydrogens is 275 g/mol. The molecule has 0 aliphatic rings. The summed E-state index contributed by atoms with van der Waals surface area (Å²) in [6.07, 6.45) is 0. The molecule has 3 aromatic rings. The van der Waals surface area contributed by atoms with E-state index in [0.717, 1.165) is 11.3 Å². The number of nitrogens with zero attached hydrogens (tertiary/aromatic N) is 1. The van der Waals surface area contributed by atoms with Gasteiger partial charge in [-0.15, -0.1) is 11.3 Å². The van der Waals surface area contributed by atoms with Crippen molar-refractivity contribution in [3.8, 4) is 17.0 Å². The summed E-state index contributed by atoms with van der Waals surface area (Å²) in [4.78, 5) is 4.42. The van der Waals surface area contributed by atoms with Crippen LogP contribution in [0.3, 0.4) is 0 Å². The van der Waals surface area contributed by atoms with E-state index in [1.54, 1.807) is 30.3 Å². The van der Waals surface area contributed by atoms with Crippen LogP contribution in [0.1, 0.15) is 0 Å². The maximum absolute atomic E-state index is 13.1. The molecule has 1 heterocycles. The van der Waals surface area contributed by atoms with Crippen molar-refractivity contribution in [1.29, 1.82) is 0 Å². The lowest BCUT2D eigenvalue weighted by atomic mass is 10.2. The van der Waals surface area contributed by atoms with E-state index in [1.165, 1.54) is 23.5 Å². The lowest BCUT2D eigenvalue weighted by molar-refractivity contribution is 0.475. The molecule has 0 aliphatic heterocycles. The summed E-state index contributed by atoms with van der Waals surface area (Å²) in [6, 6.07) is 13.1. The van der Waals surface area contributed by atoms with Gasteiger partial charge in [0.1, 0.15) is 11.6 Å². The molecule has 1 aromatic heterocycles. The lowest BCUT2D eigenvalue weighted by Gasteiger charge is -2.02. The average Bonchev–Trinajstić information content (AvgIpc) is 2.87. The van der Waals surface area contributed by atoms with Crippen molar-refractivity contribution in [1.82, 2.24) is 4.98 Å². The number of halogens is 1. The highest BCUT2D eigenvalue weighted by atomic mass is 32.1. The first-order valence-electron chi connectivity index (χ1n) is 5.98. The second-order valence-corrected chi connectivity index (χ2v) is 5.08. The summed E-state index contributed by atoms with van der Waals surface area (Å²) in [6.45, 7) is 0. The Balaban J connectivity index is 1.84. The van der Waals surface area contributed by atoms with Crippen LogP contribution in [0.5, 0.6) is 5.75 Å². The highest BCUT2D eigenvalue weighted by Gasteiger charge is 2.05. The van der Waals surface area contributed by atoms with Gasteiger partial charge in [0.05, 0.1) is 5.69 Å². The number of aromatic nitrogens is 1. The molecule has 3 nitrogen and oxygen atoms in total. The third kappa shape index (κ3) is 2.78. The van der Waals surface area contributed by atoms with Gasteiger partial charge >= 0.3 is 0 Å². The molecule has 5 heteroatoms. The summed E-state index contributed by atoms with van der Waals surface area (Å²) in [5.41, 5.74) is 2.26. The van der Waals surface area contributed by atoms with Gasteiger partial charge in [0.25, 0.3) is 0 Å². The van der Waals surface area contributed by atoms with Gasteiger partial charge in [0, 0.05) is 16.6 Å². The smallest absolute Gasteiger partial charge is 0.187 e. The predicted molar refractivity (Wildman–Crippen MR) is 78.9 cm³/mol. The molecule has 20 heavy (non-hydrogen) atoms. The van der Waals surface area contributed by atoms with Gasteiger partial charge in [0.15, 0.2) is 5.13 Å². The number of aromatic hydroxyl groups is 1. The van der Waals surface area contributed by atoms with E-state index in [0.29, 0.717) is 10.8 Å². The molecule has 0 saturated carbocycles. The van der Waals surface area contributed by atoms with Crippen molar-refractivity contribution in [2.45, 2.75) is 0 Å². The summed E-state index contributed by atoms with van der Waals surface area (Å²) in [7, 11) is 0. The second kappa shape index (κ2) is 5.30. The topological polar surface area (TPSA) is 45.1 Å². The second-order valence-electron chi connectivity index (χ2n) is 4.22. The zero-order valence-electron chi connectivity index (χ0n) is 10.4. The minimum atomic E-state index is -0.292. The van der Waals surface area contributed by atoms with E-state index >= 15 is 0 Å². The predicted octanol–water partition coefficient (Wildman–Crippen LogP) is 4.40. The van der Waals surface area contributed by atoms with Gasteiger partial charge in [-0.1, -0.05) is 18.2 Å². The Hall–Kier alpha value is -2.40. The minimum absolute atomic E-state index is 0.204. The van der Waals surface area contributed by atoms with Crippen molar-refractivity contribution >= 4 is 22.2 Å². The zero-order chi connectivity index (χ0) is 13.9. The van der Waals surface area contributed by atoms with Crippen molar-refractivity contribution in [3.05, 3.63) is 59.7 Å². The van der Waals surface area contributed by atoms with Gasteiger partial charge in [-0.05, 0) is 30.3 Å². The van der Waals surface area contributed by atoms with Gasteiger partial charge in [-0.2, -0.15) is 0 Å². The van der Waals surface area contributed by atoms with Crippen LogP contribution in [0.2, 0.25) is 0 Å². The summed E-state index contributed by atoms with van der Waals surface area (Å²) >= 11 is 1.42. The summed E-state index contributed by atoms with van der Waals surface area (Å²) < 4.78 is 13.1. The van der Waals surface area contributed by atoms with Gasteiger partial charge in [0.2, 0.25) is 0 Å².